The fourth-order valence-corrected chi connectivity index (χ4v) is 5.14. The van der Waals surface area contributed by atoms with Crippen LogP contribution in [0.25, 0.3) is 4.91 Å². The van der Waals surface area contributed by atoms with Gasteiger partial charge in [0.05, 0.1) is 5.57 Å². The molecule has 0 aromatic heterocycles. The van der Waals surface area contributed by atoms with Crippen LogP contribution in [0.1, 0.15) is 26.3 Å². The largest absolute Gasteiger partial charge is 0.288 e. The molecule has 0 unspecified atom stereocenters. The van der Waals surface area contributed by atoms with E-state index in [9.17, 15) is 9.59 Å². The minimum Gasteiger partial charge on any atom is -0.288 e. The Kier molecular flexibility index (Phi) is 2.62. The van der Waals surface area contributed by atoms with Crippen molar-refractivity contribution in [3.8, 4) is 0 Å². The highest BCUT2D eigenvalue weighted by Gasteiger charge is 2.37. The first-order valence-electron chi connectivity index (χ1n) is 6.14. The lowest BCUT2D eigenvalue weighted by Crippen LogP contribution is -2.02. The number of carbonyl (C=O) groups is 2. The molecule has 96 valence electrons. The van der Waals surface area contributed by atoms with Gasteiger partial charge in [0.15, 0.2) is 11.6 Å². The third-order valence-corrected chi connectivity index (χ3v) is 5.94. The van der Waals surface area contributed by atoms with Gasteiger partial charge in [0, 0.05) is 26.5 Å². The average Bonchev–Trinajstić information content (AvgIpc) is 3.01. The molecule has 0 N–H and O–H groups in total. The molecule has 1 aliphatic carbocycles. The van der Waals surface area contributed by atoms with Gasteiger partial charge < -0.3 is 0 Å². The summed E-state index contributed by atoms with van der Waals surface area (Å²) >= 11 is 0. The summed E-state index contributed by atoms with van der Waals surface area (Å²) in [6.07, 6.45) is 0. The Balaban J connectivity index is 1.96. The SMILES string of the molecule is O=C1C(=C2SSc3ccccc32)C(=O)c2ccccc21. The van der Waals surface area contributed by atoms with Gasteiger partial charge in [0.25, 0.3) is 0 Å². The molecule has 0 radical (unpaired) electrons. The smallest absolute Gasteiger partial charge is 0.198 e. The maximum absolute atomic E-state index is 12.5. The van der Waals surface area contributed by atoms with Crippen molar-refractivity contribution >= 4 is 38.1 Å². The van der Waals surface area contributed by atoms with E-state index in [-0.39, 0.29) is 11.6 Å². The van der Waals surface area contributed by atoms with Crippen LogP contribution < -0.4 is 0 Å². The minimum atomic E-state index is -0.148. The number of Topliss-reactive ketones (excluding diaryl/α,β-unsaturated/α-hetero) is 2. The average molecular weight is 296 g/mol. The molecule has 0 fully saturated rings. The summed E-state index contributed by atoms with van der Waals surface area (Å²) in [6, 6.07) is 14.9. The molecular formula is C16H8O2S2. The quantitative estimate of drug-likeness (QED) is 0.414. The van der Waals surface area contributed by atoms with Crippen molar-refractivity contribution in [2.45, 2.75) is 4.90 Å². The third kappa shape index (κ3) is 1.55. The molecule has 2 aromatic carbocycles. The van der Waals surface area contributed by atoms with Gasteiger partial charge >= 0.3 is 0 Å². The summed E-state index contributed by atoms with van der Waals surface area (Å²) in [4.78, 5) is 26.9. The number of carbonyl (C=O) groups excluding carboxylic acids is 2. The van der Waals surface area contributed by atoms with Crippen LogP contribution in [0.4, 0.5) is 0 Å². The number of fused-ring (bicyclic) bond motifs is 2. The zero-order chi connectivity index (χ0) is 13.7. The summed E-state index contributed by atoms with van der Waals surface area (Å²) < 4.78 is 0. The second-order valence-corrected chi connectivity index (χ2v) is 6.75. The minimum absolute atomic E-state index is 0.148. The first kappa shape index (κ1) is 12.0. The Morgan fingerprint density at radius 3 is 1.85 bits per heavy atom. The van der Waals surface area contributed by atoms with Crippen LogP contribution in [0.5, 0.6) is 0 Å². The number of rotatable bonds is 0. The van der Waals surface area contributed by atoms with E-state index in [0.717, 1.165) is 15.4 Å². The Hall–Kier alpha value is -1.78. The molecule has 0 amide bonds. The Morgan fingerprint density at radius 1 is 0.650 bits per heavy atom. The van der Waals surface area contributed by atoms with Gasteiger partial charge in [-0.2, -0.15) is 0 Å². The van der Waals surface area contributed by atoms with E-state index < -0.39 is 0 Å². The molecule has 0 saturated carbocycles. The molecule has 4 rings (SSSR count). The molecule has 2 nitrogen and oxygen atoms in total. The Bertz CT molecular complexity index is 769. The first-order chi connectivity index (χ1) is 9.77. The van der Waals surface area contributed by atoms with Gasteiger partial charge in [-0.15, -0.1) is 0 Å². The van der Waals surface area contributed by atoms with Gasteiger partial charge in [-0.3, -0.25) is 9.59 Å². The lowest BCUT2D eigenvalue weighted by Gasteiger charge is -2.01. The molecule has 1 aliphatic heterocycles. The molecule has 2 aromatic rings. The summed E-state index contributed by atoms with van der Waals surface area (Å²) in [7, 11) is 3.10. The van der Waals surface area contributed by atoms with Gasteiger partial charge in [-0.1, -0.05) is 64.1 Å². The molecule has 4 heteroatoms. The van der Waals surface area contributed by atoms with E-state index in [2.05, 4.69) is 0 Å². The van der Waals surface area contributed by atoms with Crippen LogP contribution in [-0.4, -0.2) is 11.6 Å². The summed E-state index contributed by atoms with van der Waals surface area (Å²) in [5.74, 6) is -0.296. The van der Waals surface area contributed by atoms with E-state index in [4.69, 9.17) is 0 Å². The van der Waals surface area contributed by atoms with Crippen LogP contribution >= 0.6 is 21.6 Å². The number of hydrogen-bond acceptors (Lipinski definition) is 4. The third-order valence-electron chi connectivity index (χ3n) is 3.44. The van der Waals surface area contributed by atoms with Gasteiger partial charge in [-0.25, -0.2) is 0 Å². The lowest BCUT2D eigenvalue weighted by molar-refractivity contribution is 0.0990. The normalized spacial score (nSPS) is 16.6. The maximum Gasteiger partial charge on any atom is 0.198 e. The summed E-state index contributed by atoms with van der Waals surface area (Å²) in [5.41, 5.74) is 2.37. The van der Waals surface area contributed by atoms with Crippen molar-refractivity contribution in [1.29, 1.82) is 0 Å². The second kappa shape index (κ2) is 4.36. The molecule has 0 spiro atoms. The summed E-state index contributed by atoms with van der Waals surface area (Å²) in [5, 5.41) is 0. The van der Waals surface area contributed by atoms with E-state index >= 15 is 0 Å². The van der Waals surface area contributed by atoms with Crippen LogP contribution in [0.15, 0.2) is 59.0 Å². The van der Waals surface area contributed by atoms with Crippen molar-refractivity contribution in [2.75, 3.05) is 0 Å². The van der Waals surface area contributed by atoms with Crippen molar-refractivity contribution < 1.29 is 9.59 Å². The highest BCUT2D eigenvalue weighted by Crippen LogP contribution is 2.54. The second-order valence-electron chi connectivity index (χ2n) is 4.57. The van der Waals surface area contributed by atoms with Gasteiger partial charge in [-0.05, 0) is 6.07 Å². The Labute approximate surface area is 123 Å². The maximum atomic E-state index is 12.5. The fourth-order valence-electron chi connectivity index (χ4n) is 2.49. The fraction of sp³-hybridized carbons (Fsp3) is 0. The van der Waals surface area contributed by atoms with E-state index in [1.807, 2.05) is 24.3 Å². The van der Waals surface area contributed by atoms with Crippen LogP contribution in [0.3, 0.4) is 0 Å². The Morgan fingerprint density at radius 2 is 1.20 bits per heavy atom. The number of benzene rings is 2. The molecular weight excluding hydrogens is 288 g/mol. The summed E-state index contributed by atoms with van der Waals surface area (Å²) in [6.45, 7) is 0. The van der Waals surface area contributed by atoms with E-state index in [0.29, 0.717) is 16.7 Å². The molecule has 0 bridgehead atoms. The highest BCUT2D eigenvalue weighted by atomic mass is 33.1. The van der Waals surface area contributed by atoms with E-state index in [1.54, 1.807) is 35.1 Å². The zero-order valence-electron chi connectivity index (χ0n) is 10.3. The first-order valence-corrected chi connectivity index (χ1v) is 8.29. The predicted octanol–water partition coefficient (Wildman–Crippen LogP) is 4.23. The molecule has 0 saturated heterocycles. The van der Waals surface area contributed by atoms with Crippen LogP contribution in [0.2, 0.25) is 0 Å². The van der Waals surface area contributed by atoms with Gasteiger partial charge in [0.1, 0.15) is 0 Å². The molecule has 1 heterocycles. The zero-order valence-corrected chi connectivity index (χ0v) is 11.9. The standard InChI is InChI=1S/C16H8O2S2/c17-14-9-5-1-2-6-10(9)15(18)13(14)16-11-7-3-4-8-12(11)19-20-16/h1-8H. The van der Waals surface area contributed by atoms with Gasteiger partial charge in [0.2, 0.25) is 0 Å². The molecule has 0 atom stereocenters. The lowest BCUT2D eigenvalue weighted by atomic mass is 10.1. The molecule has 2 aliphatic rings. The highest BCUT2D eigenvalue weighted by molar-refractivity contribution is 8.80. The molecule has 20 heavy (non-hydrogen) atoms. The number of hydrogen-bond donors (Lipinski definition) is 0. The van der Waals surface area contributed by atoms with Crippen LogP contribution in [-0.2, 0) is 0 Å². The topological polar surface area (TPSA) is 34.1 Å². The number of allylic oxidation sites excluding steroid dienone is 1. The van der Waals surface area contributed by atoms with Crippen molar-refractivity contribution in [3.63, 3.8) is 0 Å². The monoisotopic (exact) mass is 296 g/mol. The number of ketones is 2. The van der Waals surface area contributed by atoms with Crippen molar-refractivity contribution in [2.24, 2.45) is 0 Å². The predicted molar refractivity (Wildman–Crippen MR) is 81.9 cm³/mol. The van der Waals surface area contributed by atoms with Crippen LogP contribution in [0, 0.1) is 0 Å². The van der Waals surface area contributed by atoms with Crippen molar-refractivity contribution in [1.82, 2.24) is 0 Å². The van der Waals surface area contributed by atoms with Crippen molar-refractivity contribution in [3.05, 3.63) is 70.8 Å². The van der Waals surface area contributed by atoms with E-state index in [1.165, 1.54) is 10.8 Å².